The first-order valence-electron chi connectivity index (χ1n) is 5.45. The van der Waals surface area contributed by atoms with Crippen LogP contribution >= 0.6 is 0 Å². The topological polar surface area (TPSA) is 92.5 Å². The summed E-state index contributed by atoms with van der Waals surface area (Å²) in [7, 11) is 1.72. The van der Waals surface area contributed by atoms with Crippen LogP contribution in [-0.2, 0) is 27.3 Å². The standard InChI is InChI=1S/C12H13N3O3/c1-15-9-3-2-7(4-8(9)5-10(15)16)6-14-12(18)11(13)17/h2-4H,5-6H2,1H3,(H2,13,17)(H,14,18). The number of anilines is 1. The van der Waals surface area contributed by atoms with Gasteiger partial charge in [-0.1, -0.05) is 12.1 Å². The van der Waals surface area contributed by atoms with Crippen LogP contribution in [-0.4, -0.2) is 24.8 Å². The highest BCUT2D eigenvalue weighted by atomic mass is 16.2. The van der Waals surface area contributed by atoms with Gasteiger partial charge in [0.15, 0.2) is 0 Å². The number of hydrogen-bond donors (Lipinski definition) is 2. The molecule has 3 amide bonds. The van der Waals surface area contributed by atoms with Crippen LogP contribution in [0.15, 0.2) is 18.2 Å². The molecule has 0 saturated heterocycles. The van der Waals surface area contributed by atoms with Gasteiger partial charge in [0, 0.05) is 19.3 Å². The monoisotopic (exact) mass is 247 g/mol. The lowest BCUT2D eigenvalue weighted by molar-refractivity contribution is -0.137. The fraction of sp³-hybridized carbons (Fsp3) is 0.250. The summed E-state index contributed by atoms with van der Waals surface area (Å²) >= 11 is 0. The Balaban J connectivity index is 2.09. The van der Waals surface area contributed by atoms with E-state index in [1.807, 2.05) is 12.1 Å². The first kappa shape index (κ1) is 12.1. The number of primary amides is 1. The molecule has 0 aliphatic carbocycles. The molecule has 0 saturated carbocycles. The van der Waals surface area contributed by atoms with E-state index in [9.17, 15) is 14.4 Å². The summed E-state index contributed by atoms with van der Waals surface area (Å²) in [4.78, 5) is 34.6. The second-order valence-electron chi connectivity index (χ2n) is 4.14. The quantitative estimate of drug-likeness (QED) is 0.677. The van der Waals surface area contributed by atoms with Crippen molar-refractivity contribution in [3.05, 3.63) is 29.3 Å². The highest BCUT2D eigenvalue weighted by Gasteiger charge is 2.23. The van der Waals surface area contributed by atoms with Gasteiger partial charge in [-0.3, -0.25) is 14.4 Å². The smallest absolute Gasteiger partial charge is 0.309 e. The highest BCUT2D eigenvalue weighted by molar-refractivity contribution is 6.34. The molecule has 0 radical (unpaired) electrons. The number of benzene rings is 1. The van der Waals surface area contributed by atoms with E-state index >= 15 is 0 Å². The molecule has 0 unspecified atom stereocenters. The van der Waals surface area contributed by atoms with Crippen molar-refractivity contribution >= 4 is 23.4 Å². The summed E-state index contributed by atoms with van der Waals surface area (Å²) in [6, 6.07) is 5.47. The lowest BCUT2D eigenvalue weighted by Crippen LogP contribution is -2.35. The predicted octanol–water partition coefficient (Wildman–Crippen LogP) is -0.693. The Kier molecular flexibility index (Phi) is 3.01. The van der Waals surface area contributed by atoms with Crippen molar-refractivity contribution in [2.75, 3.05) is 11.9 Å². The van der Waals surface area contributed by atoms with E-state index in [0.717, 1.165) is 16.8 Å². The largest absolute Gasteiger partial charge is 0.361 e. The van der Waals surface area contributed by atoms with E-state index in [0.29, 0.717) is 6.42 Å². The van der Waals surface area contributed by atoms with Gasteiger partial charge >= 0.3 is 11.8 Å². The van der Waals surface area contributed by atoms with Crippen LogP contribution in [0.25, 0.3) is 0 Å². The molecule has 2 rings (SSSR count). The molecule has 1 heterocycles. The molecule has 0 atom stereocenters. The van der Waals surface area contributed by atoms with Gasteiger partial charge in [-0.05, 0) is 17.2 Å². The number of hydrogen-bond acceptors (Lipinski definition) is 3. The lowest BCUT2D eigenvalue weighted by atomic mass is 10.1. The Morgan fingerprint density at radius 1 is 1.44 bits per heavy atom. The summed E-state index contributed by atoms with van der Waals surface area (Å²) in [5.74, 6) is -1.78. The molecule has 1 aromatic carbocycles. The van der Waals surface area contributed by atoms with Crippen molar-refractivity contribution in [1.82, 2.24) is 5.32 Å². The van der Waals surface area contributed by atoms with Crippen LogP contribution in [0, 0.1) is 0 Å². The van der Waals surface area contributed by atoms with E-state index in [1.54, 1.807) is 18.0 Å². The third-order valence-electron chi connectivity index (χ3n) is 2.90. The molecule has 6 nitrogen and oxygen atoms in total. The van der Waals surface area contributed by atoms with Crippen LogP contribution in [0.1, 0.15) is 11.1 Å². The van der Waals surface area contributed by atoms with E-state index < -0.39 is 11.8 Å². The van der Waals surface area contributed by atoms with Crippen LogP contribution in [0.4, 0.5) is 5.69 Å². The third-order valence-corrected chi connectivity index (χ3v) is 2.90. The van der Waals surface area contributed by atoms with Gasteiger partial charge in [-0.2, -0.15) is 0 Å². The van der Waals surface area contributed by atoms with Crippen molar-refractivity contribution in [1.29, 1.82) is 0 Å². The Bertz CT molecular complexity index is 539. The molecule has 6 heteroatoms. The van der Waals surface area contributed by atoms with Crippen LogP contribution in [0.2, 0.25) is 0 Å². The molecule has 1 aromatic rings. The molecule has 0 aromatic heterocycles. The van der Waals surface area contributed by atoms with Gasteiger partial charge in [0.05, 0.1) is 6.42 Å². The van der Waals surface area contributed by atoms with Crippen molar-refractivity contribution in [3.8, 4) is 0 Å². The molecule has 0 spiro atoms. The van der Waals surface area contributed by atoms with Crippen molar-refractivity contribution < 1.29 is 14.4 Å². The van der Waals surface area contributed by atoms with Gasteiger partial charge in [0.25, 0.3) is 0 Å². The maximum absolute atomic E-state index is 11.5. The Morgan fingerprint density at radius 3 is 2.83 bits per heavy atom. The van der Waals surface area contributed by atoms with Gasteiger partial charge in [-0.15, -0.1) is 0 Å². The van der Waals surface area contributed by atoms with Gasteiger partial charge in [0.1, 0.15) is 0 Å². The molecule has 94 valence electrons. The maximum Gasteiger partial charge on any atom is 0.309 e. The van der Waals surface area contributed by atoms with Crippen LogP contribution in [0.5, 0.6) is 0 Å². The van der Waals surface area contributed by atoms with Crippen molar-refractivity contribution in [2.45, 2.75) is 13.0 Å². The fourth-order valence-electron chi connectivity index (χ4n) is 1.90. The summed E-state index contributed by atoms with van der Waals surface area (Å²) < 4.78 is 0. The van der Waals surface area contributed by atoms with Crippen molar-refractivity contribution in [3.63, 3.8) is 0 Å². The summed E-state index contributed by atoms with van der Waals surface area (Å²) in [5.41, 5.74) is 7.45. The fourth-order valence-corrected chi connectivity index (χ4v) is 1.90. The number of rotatable bonds is 2. The average Bonchev–Trinajstić information content (AvgIpc) is 2.61. The first-order valence-corrected chi connectivity index (χ1v) is 5.45. The second-order valence-corrected chi connectivity index (χ2v) is 4.14. The molecule has 3 N–H and O–H groups in total. The molecule has 0 fully saturated rings. The zero-order valence-electron chi connectivity index (χ0n) is 9.90. The third kappa shape index (κ3) is 2.17. The molecular formula is C12H13N3O3. The van der Waals surface area contributed by atoms with E-state index in [2.05, 4.69) is 5.32 Å². The van der Waals surface area contributed by atoms with Crippen LogP contribution < -0.4 is 16.0 Å². The minimum absolute atomic E-state index is 0.0447. The average molecular weight is 247 g/mol. The molecule has 1 aliphatic rings. The molecular weight excluding hydrogens is 234 g/mol. The summed E-state index contributed by atoms with van der Waals surface area (Å²) in [6.45, 7) is 0.215. The number of likely N-dealkylation sites (N-methyl/N-ethyl adjacent to an activating group) is 1. The van der Waals surface area contributed by atoms with Gasteiger partial charge in [0.2, 0.25) is 5.91 Å². The van der Waals surface area contributed by atoms with Crippen LogP contribution in [0.3, 0.4) is 0 Å². The number of amides is 3. The van der Waals surface area contributed by atoms with E-state index in [1.165, 1.54) is 0 Å². The lowest BCUT2D eigenvalue weighted by Gasteiger charge is -2.10. The molecule has 18 heavy (non-hydrogen) atoms. The Morgan fingerprint density at radius 2 is 2.17 bits per heavy atom. The number of carbonyl (C=O) groups excluding carboxylic acids is 3. The number of fused-ring (bicyclic) bond motifs is 1. The van der Waals surface area contributed by atoms with E-state index in [-0.39, 0.29) is 12.5 Å². The SMILES string of the molecule is CN1C(=O)Cc2cc(CNC(=O)C(N)=O)ccc21. The maximum atomic E-state index is 11.5. The summed E-state index contributed by atoms with van der Waals surface area (Å²) in [5, 5.41) is 2.40. The minimum Gasteiger partial charge on any atom is -0.361 e. The summed E-state index contributed by atoms with van der Waals surface area (Å²) in [6.07, 6.45) is 0.365. The Labute approximate surface area is 104 Å². The van der Waals surface area contributed by atoms with Gasteiger partial charge < -0.3 is 16.0 Å². The zero-order valence-corrected chi connectivity index (χ0v) is 9.90. The Hall–Kier alpha value is -2.37. The highest BCUT2D eigenvalue weighted by Crippen LogP contribution is 2.28. The first-order chi connectivity index (χ1) is 8.49. The molecule has 1 aliphatic heterocycles. The van der Waals surface area contributed by atoms with Gasteiger partial charge in [-0.25, -0.2) is 0 Å². The number of nitrogens with zero attached hydrogens (tertiary/aromatic N) is 1. The van der Waals surface area contributed by atoms with E-state index in [4.69, 9.17) is 5.73 Å². The minimum atomic E-state index is -1.01. The normalized spacial score (nSPS) is 13.4. The second kappa shape index (κ2) is 4.48. The predicted molar refractivity (Wildman–Crippen MR) is 64.6 cm³/mol. The number of carbonyl (C=O) groups is 3. The zero-order chi connectivity index (χ0) is 13.3. The number of nitrogens with two attached hydrogens (primary N) is 1. The van der Waals surface area contributed by atoms with Crippen molar-refractivity contribution in [2.24, 2.45) is 5.73 Å². The molecule has 0 bridgehead atoms. The number of nitrogens with one attached hydrogen (secondary N) is 1.